The third-order valence-corrected chi connectivity index (χ3v) is 7.27. The van der Waals surface area contributed by atoms with Gasteiger partial charge in [-0.2, -0.15) is 4.98 Å². The first-order valence-corrected chi connectivity index (χ1v) is 12.3. The van der Waals surface area contributed by atoms with Gasteiger partial charge in [-0.3, -0.25) is 18.9 Å². The monoisotopic (exact) mass is 514 g/mol. The van der Waals surface area contributed by atoms with Crippen LogP contribution >= 0.6 is 19.6 Å². The van der Waals surface area contributed by atoms with E-state index in [0.29, 0.717) is 11.3 Å². The van der Waals surface area contributed by atoms with Gasteiger partial charge in [-0.15, -0.1) is 0 Å². The van der Waals surface area contributed by atoms with Gasteiger partial charge in [0.05, 0.1) is 13.7 Å². The van der Waals surface area contributed by atoms with Crippen molar-refractivity contribution >= 4 is 36.7 Å². The van der Waals surface area contributed by atoms with Crippen LogP contribution in [0.2, 0.25) is 0 Å². The maximum Gasteiger partial charge on any atom is 0.280 e. The van der Waals surface area contributed by atoms with Gasteiger partial charge >= 0.3 is 0 Å². The van der Waals surface area contributed by atoms with Crippen molar-refractivity contribution < 1.29 is 37.5 Å². The first kappa shape index (κ1) is 23.2. The van der Waals surface area contributed by atoms with Crippen LogP contribution in [0.1, 0.15) is 11.8 Å². The van der Waals surface area contributed by atoms with Crippen LogP contribution in [0.4, 0.5) is 10.3 Å². The van der Waals surface area contributed by atoms with Crippen molar-refractivity contribution in [3.8, 4) is 5.75 Å². The summed E-state index contributed by atoms with van der Waals surface area (Å²) in [7, 11) is -3.18. The SMILES string of the molecule is COc1cc(F)cc(CSc2nc3c(=O)[nH]c(N)nc3n2[C@@H]2OC3COP(=O)([O-])O[C@H]3C2O)c1. The number of thioether (sulfide) groups is 1. The first-order chi connectivity index (χ1) is 16.1. The fraction of sp³-hybridized carbons (Fsp3) is 0.389. The number of aliphatic hydroxyl groups is 1. The third kappa shape index (κ3) is 4.20. The van der Waals surface area contributed by atoms with Crippen molar-refractivity contribution in [3.63, 3.8) is 0 Å². The number of hydrogen-bond acceptors (Lipinski definition) is 12. The molecule has 0 radical (unpaired) electrons. The maximum atomic E-state index is 13.9. The molecule has 2 aliphatic rings. The number of nitrogens with two attached hydrogens (primary N) is 1. The summed E-state index contributed by atoms with van der Waals surface area (Å²) in [4.78, 5) is 35.0. The first-order valence-electron chi connectivity index (χ1n) is 9.86. The molecule has 4 N–H and O–H groups in total. The summed E-state index contributed by atoms with van der Waals surface area (Å²) in [5, 5.41) is 11.1. The normalized spacial score (nSPS) is 28.8. The second kappa shape index (κ2) is 8.61. The van der Waals surface area contributed by atoms with Gasteiger partial charge in [-0.25, -0.2) is 9.37 Å². The van der Waals surface area contributed by atoms with Crippen LogP contribution in [0, 0.1) is 5.82 Å². The van der Waals surface area contributed by atoms with E-state index in [1.165, 1.54) is 23.8 Å². The number of anilines is 1. The molecule has 2 fully saturated rings. The number of phosphoric acid groups is 1. The highest BCUT2D eigenvalue weighted by Crippen LogP contribution is 2.50. The summed E-state index contributed by atoms with van der Waals surface area (Å²) >= 11 is 1.11. The molecule has 0 bridgehead atoms. The zero-order valence-electron chi connectivity index (χ0n) is 17.4. The smallest absolute Gasteiger partial charge is 0.280 e. The highest BCUT2D eigenvalue weighted by Gasteiger charge is 2.51. The molecule has 2 saturated heterocycles. The van der Waals surface area contributed by atoms with Crippen molar-refractivity contribution in [1.82, 2.24) is 19.5 Å². The molecular formula is C18H18FN5O8PS-. The topological polar surface area (TPSA) is 187 Å². The number of hydrogen-bond donors (Lipinski definition) is 3. The molecule has 2 aliphatic heterocycles. The van der Waals surface area contributed by atoms with E-state index in [1.807, 2.05) is 0 Å². The summed E-state index contributed by atoms with van der Waals surface area (Å²) in [6.07, 6.45) is -4.83. The Kier molecular flexibility index (Phi) is 5.88. The molecule has 16 heteroatoms. The van der Waals surface area contributed by atoms with Crippen molar-refractivity contribution in [2.75, 3.05) is 19.5 Å². The summed E-state index contributed by atoms with van der Waals surface area (Å²) in [5.41, 5.74) is 5.58. The van der Waals surface area contributed by atoms with Crippen molar-refractivity contribution in [1.29, 1.82) is 0 Å². The Hall–Kier alpha value is -2.52. The van der Waals surface area contributed by atoms with Gasteiger partial charge in [0.15, 0.2) is 22.5 Å². The molecule has 0 amide bonds. The molecule has 34 heavy (non-hydrogen) atoms. The number of ether oxygens (including phenoxy) is 2. The average Bonchev–Trinajstić information content (AvgIpc) is 3.28. The number of methoxy groups -OCH3 is 1. The summed E-state index contributed by atoms with van der Waals surface area (Å²) in [5.74, 6) is -0.158. The molecule has 0 spiro atoms. The minimum absolute atomic E-state index is 0.00879. The lowest BCUT2D eigenvalue weighted by Crippen LogP contribution is -2.41. The van der Waals surface area contributed by atoms with Crippen molar-refractivity contribution in [3.05, 3.63) is 39.9 Å². The van der Waals surface area contributed by atoms with E-state index in [0.717, 1.165) is 11.8 Å². The van der Waals surface area contributed by atoms with Gasteiger partial charge in [0.25, 0.3) is 13.4 Å². The molecule has 182 valence electrons. The van der Waals surface area contributed by atoms with Crippen molar-refractivity contribution in [2.24, 2.45) is 0 Å². The van der Waals surface area contributed by atoms with Crippen LogP contribution in [0.25, 0.3) is 11.2 Å². The van der Waals surface area contributed by atoms with Gasteiger partial charge in [0, 0.05) is 11.8 Å². The molecule has 0 aliphatic carbocycles. The third-order valence-electron chi connectivity index (χ3n) is 5.28. The molecule has 1 aromatic carbocycles. The maximum absolute atomic E-state index is 13.9. The van der Waals surface area contributed by atoms with Crippen LogP contribution in [-0.2, 0) is 24.1 Å². The lowest BCUT2D eigenvalue weighted by molar-refractivity contribution is -0.245. The van der Waals surface area contributed by atoms with E-state index in [1.54, 1.807) is 6.07 Å². The number of aliphatic hydroxyl groups excluding tert-OH is 1. The highest BCUT2D eigenvalue weighted by molar-refractivity contribution is 7.98. The number of imidazole rings is 1. The van der Waals surface area contributed by atoms with Crippen LogP contribution in [0.3, 0.4) is 0 Å². The van der Waals surface area contributed by atoms with Gasteiger partial charge < -0.3 is 34.3 Å². The van der Waals surface area contributed by atoms with E-state index < -0.39 is 43.7 Å². The Morgan fingerprint density at radius 2 is 2.24 bits per heavy atom. The molecule has 13 nitrogen and oxygen atoms in total. The van der Waals surface area contributed by atoms with Crippen LogP contribution in [0.15, 0.2) is 28.2 Å². The average molecular weight is 514 g/mol. The molecule has 3 aromatic rings. The Morgan fingerprint density at radius 1 is 1.44 bits per heavy atom. The Labute approximate surface area is 194 Å². The van der Waals surface area contributed by atoms with Gasteiger partial charge in [-0.05, 0) is 17.7 Å². The van der Waals surface area contributed by atoms with Crippen LogP contribution in [-0.4, -0.2) is 56.7 Å². The predicted molar refractivity (Wildman–Crippen MR) is 113 cm³/mol. The zero-order valence-corrected chi connectivity index (χ0v) is 19.1. The number of halogens is 1. The van der Waals surface area contributed by atoms with E-state index in [4.69, 9.17) is 19.7 Å². The Balaban J connectivity index is 1.54. The molecule has 0 saturated carbocycles. The summed E-state index contributed by atoms with van der Waals surface area (Å²) in [6, 6.07) is 4.19. The predicted octanol–water partition coefficient (Wildman–Crippen LogP) is 0.284. The number of aromatic amines is 1. The summed E-state index contributed by atoms with van der Waals surface area (Å²) in [6.45, 7) is -0.354. The second-order valence-electron chi connectivity index (χ2n) is 7.54. The van der Waals surface area contributed by atoms with Crippen LogP contribution < -0.4 is 20.9 Å². The fourth-order valence-electron chi connectivity index (χ4n) is 3.82. The number of nitrogen functional groups attached to an aromatic ring is 1. The lowest BCUT2D eigenvalue weighted by atomic mass is 10.1. The number of aromatic nitrogens is 4. The van der Waals surface area contributed by atoms with E-state index in [9.17, 15) is 23.7 Å². The number of nitrogens with zero attached hydrogens (tertiary/aromatic N) is 3. The molecule has 5 atom stereocenters. The number of phosphoric ester groups is 1. The quantitative estimate of drug-likeness (QED) is 0.312. The molecule has 3 unspecified atom stereocenters. The summed E-state index contributed by atoms with van der Waals surface area (Å²) < 4.78 is 47.4. The van der Waals surface area contributed by atoms with Gasteiger partial charge in [0.2, 0.25) is 5.95 Å². The number of fused-ring (bicyclic) bond motifs is 2. The largest absolute Gasteiger partial charge is 0.756 e. The molecule has 2 aromatic heterocycles. The minimum Gasteiger partial charge on any atom is -0.756 e. The lowest BCUT2D eigenvalue weighted by Gasteiger charge is -2.34. The minimum atomic E-state index is -4.60. The number of nitrogens with one attached hydrogen (secondary N) is 1. The van der Waals surface area contributed by atoms with E-state index in [-0.39, 0.29) is 34.6 Å². The zero-order chi connectivity index (χ0) is 24.2. The van der Waals surface area contributed by atoms with Crippen molar-refractivity contribution in [2.45, 2.75) is 35.4 Å². The molecule has 4 heterocycles. The van der Waals surface area contributed by atoms with Gasteiger partial charge in [0.1, 0.15) is 29.9 Å². The Morgan fingerprint density at radius 3 is 3.00 bits per heavy atom. The van der Waals surface area contributed by atoms with E-state index in [2.05, 4.69) is 19.5 Å². The molecule has 5 rings (SSSR count). The standard InChI is InChI=1S/C18H19FN5O8PS/c1-29-9-3-7(2-8(19)4-9)6-34-18-21-11-14(22-17(20)23-15(11)26)24(18)16-12(25)13-10(31-16)5-30-33(27,28)32-13/h2-4,10,12-13,16,25H,5-6H2,1H3,(H,27,28)(H3,20,22,23,26)/p-1/t10?,12?,13-,16-/m1/s1. The number of benzene rings is 1. The number of rotatable bonds is 5. The van der Waals surface area contributed by atoms with Gasteiger partial charge in [-0.1, -0.05) is 11.8 Å². The number of H-pyrrole nitrogens is 1. The van der Waals surface area contributed by atoms with E-state index >= 15 is 0 Å². The highest BCUT2D eigenvalue weighted by atomic mass is 32.2. The second-order valence-corrected chi connectivity index (χ2v) is 9.85. The fourth-order valence-corrected chi connectivity index (χ4v) is 5.72. The molecular weight excluding hydrogens is 496 g/mol. The van der Waals surface area contributed by atoms with Crippen LogP contribution in [0.5, 0.6) is 5.75 Å². The Bertz CT molecular complexity index is 1370.